The third-order valence-corrected chi connectivity index (χ3v) is 4.41. The average Bonchev–Trinajstić information content (AvgIpc) is 2.24. The van der Waals surface area contributed by atoms with E-state index in [1.54, 1.807) is 13.8 Å². The Balaban J connectivity index is 3.10. The Kier molecular flexibility index (Phi) is 4.63. The zero-order valence-electron chi connectivity index (χ0n) is 10.2. The SMILES string of the molecule is C#CCC(C)NS(=O)(=O)c1cc(N)c(C)c(Cl)c1. The van der Waals surface area contributed by atoms with Gasteiger partial charge in [-0.2, -0.15) is 0 Å². The fourth-order valence-electron chi connectivity index (χ4n) is 1.38. The quantitative estimate of drug-likeness (QED) is 0.656. The fraction of sp³-hybridized carbons (Fsp3) is 0.333. The molecule has 6 heteroatoms. The van der Waals surface area contributed by atoms with Gasteiger partial charge in [0.2, 0.25) is 10.0 Å². The Morgan fingerprint density at radius 2 is 2.17 bits per heavy atom. The van der Waals surface area contributed by atoms with Crippen molar-refractivity contribution >= 4 is 27.3 Å². The van der Waals surface area contributed by atoms with Crippen molar-refractivity contribution in [2.45, 2.75) is 31.2 Å². The number of anilines is 1. The summed E-state index contributed by atoms with van der Waals surface area (Å²) in [5.74, 6) is 2.40. The van der Waals surface area contributed by atoms with Crippen LogP contribution in [0.5, 0.6) is 0 Å². The molecule has 0 aliphatic rings. The van der Waals surface area contributed by atoms with Crippen LogP contribution in [0.25, 0.3) is 0 Å². The Morgan fingerprint density at radius 3 is 2.67 bits per heavy atom. The highest BCUT2D eigenvalue weighted by molar-refractivity contribution is 7.89. The van der Waals surface area contributed by atoms with Crippen LogP contribution in [0.15, 0.2) is 17.0 Å². The zero-order chi connectivity index (χ0) is 13.9. The lowest BCUT2D eigenvalue weighted by Gasteiger charge is -2.13. The first-order valence-electron chi connectivity index (χ1n) is 5.29. The van der Waals surface area contributed by atoms with Gasteiger partial charge in [0.25, 0.3) is 0 Å². The molecule has 0 spiro atoms. The van der Waals surface area contributed by atoms with Gasteiger partial charge in [-0.25, -0.2) is 13.1 Å². The van der Waals surface area contributed by atoms with Crippen molar-refractivity contribution in [3.63, 3.8) is 0 Å². The van der Waals surface area contributed by atoms with E-state index in [-0.39, 0.29) is 10.9 Å². The molecule has 0 aliphatic carbocycles. The van der Waals surface area contributed by atoms with E-state index in [2.05, 4.69) is 10.6 Å². The largest absolute Gasteiger partial charge is 0.398 e. The van der Waals surface area contributed by atoms with Crippen LogP contribution in [0.3, 0.4) is 0 Å². The van der Waals surface area contributed by atoms with Crippen molar-refractivity contribution in [3.8, 4) is 12.3 Å². The summed E-state index contributed by atoms with van der Waals surface area (Å²) in [7, 11) is -3.65. The first kappa shape index (κ1) is 14.8. The number of rotatable bonds is 4. The topological polar surface area (TPSA) is 72.2 Å². The molecular weight excluding hydrogens is 272 g/mol. The normalized spacial score (nSPS) is 13.0. The van der Waals surface area contributed by atoms with Gasteiger partial charge in [0.1, 0.15) is 0 Å². The van der Waals surface area contributed by atoms with E-state index in [4.69, 9.17) is 23.8 Å². The van der Waals surface area contributed by atoms with Gasteiger partial charge in [-0.05, 0) is 31.5 Å². The molecule has 0 saturated carbocycles. The third kappa shape index (κ3) is 3.39. The maximum absolute atomic E-state index is 12.0. The molecule has 0 saturated heterocycles. The van der Waals surface area contributed by atoms with Crippen LogP contribution in [0.2, 0.25) is 5.02 Å². The zero-order valence-corrected chi connectivity index (χ0v) is 11.8. The molecule has 0 radical (unpaired) electrons. The van der Waals surface area contributed by atoms with Crippen molar-refractivity contribution in [2.24, 2.45) is 0 Å². The summed E-state index contributed by atoms with van der Waals surface area (Å²) in [6.45, 7) is 3.42. The molecule has 1 rings (SSSR count). The second kappa shape index (κ2) is 5.61. The number of terminal acetylenes is 1. The minimum atomic E-state index is -3.65. The molecule has 1 atom stereocenters. The van der Waals surface area contributed by atoms with Gasteiger partial charge in [0.05, 0.1) is 4.90 Å². The van der Waals surface area contributed by atoms with Gasteiger partial charge < -0.3 is 5.73 Å². The molecule has 1 aromatic rings. The number of nitrogen functional groups attached to an aromatic ring is 1. The summed E-state index contributed by atoms with van der Waals surface area (Å²) in [5.41, 5.74) is 6.70. The van der Waals surface area contributed by atoms with E-state index < -0.39 is 10.0 Å². The molecule has 3 N–H and O–H groups in total. The van der Waals surface area contributed by atoms with Gasteiger partial charge in [-0.3, -0.25) is 0 Å². The maximum Gasteiger partial charge on any atom is 0.240 e. The molecule has 0 bridgehead atoms. The molecule has 0 aromatic heterocycles. The lowest BCUT2D eigenvalue weighted by Crippen LogP contribution is -2.32. The smallest absolute Gasteiger partial charge is 0.240 e. The van der Waals surface area contributed by atoms with E-state index in [0.717, 1.165) is 0 Å². The molecule has 98 valence electrons. The molecule has 1 aromatic carbocycles. The van der Waals surface area contributed by atoms with Crippen molar-refractivity contribution in [1.29, 1.82) is 0 Å². The first-order chi connectivity index (χ1) is 8.27. The second-order valence-corrected chi connectivity index (χ2v) is 6.17. The van der Waals surface area contributed by atoms with E-state index in [0.29, 0.717) is 22.7 Å². The highest BCUT2D eigenvalue weighted by Crippen LogP contribution is 2.25. The van der Waals surface area contributed by atoms with Crippen molar-refractivity contribution in [3.05, 3.63) is 22.7 Å². The summed E-state index contributed by atoms with van der Waals surface area (Å²) in [5, 5.41) is 0.319. The summed E-state index contributed by atoms with van der Waals surface area (Å²) >= 11 is 5.92. The van der Waals surface area contributed by atoms with Crippen LogP contribution < -0.4 is 10.5 Å². The molecule has 0 fully saturated rings. The molecule has 0 heterocycles. The first-order valence-corrected chi connectivity index (χ1v) is 7.15. The minimum Gasteiger partial charge on any atom is -0.398 e. The molecule has 4 nitrogen and oxygen atoms in total. The monoisotopic (exact) mass is 286 g/mol. The molecule has 0 amide bonds. The molecule has 1 unspecified atom stereocenters. The third-order valence-electron chi connectivity index (χ3n) is 2.45. The highest BCUT2D eigenvalue weighted by Gasteiger charge is 2.18. The number of sulfonamides is 1. The van der Waals surface area contributed by atoms with Crippen LogP contribution in [-0.2, 0) is 10.0 Å². The van der Waals surface area contributed by atoms with E-state index in [9.17, 15) is 8.42 Å². The number of nitrogens with one attached hydrogen (secondary N) is 1. The Morgan fingerprint density at radius 1 is 1.56 bits per heavy atom. The fourth-order valence-corrected chi connectivity index (χ4v) is 2.98. The minimum absolute atomic E-state index is 0.0412. The van der Waals surface area contributed by atoms with Gasteiger partial charge in [-0.15, -0.1) is 12.3 Å². The van der Waals surface area contributed by atoms with Gasteiger partial charge in [-0.1, -0.05) is 11.6 Å². The Bertz CT molecular complexity index is 568. The van der Waals surface area contributed by atoms with E-state index >= 15 is 0 Å². The van der Waals surface area contributed by atoms with Crippen LogP contribution in [-0.4, -0.2) is 14.5 Å². The number of hydrogen-bond donors (Lipinski definition) is 2. The van der Waals surface area contributed by atoms with Crippen molar-refractivity contribution in [2.75, 3.05) is 5.73 Å². The molecule has 0 aliphatic heterocycles. The van der Waals surface area contributed by atoms with Gasteiger partial charge >= 0.3 is 0 Å². The van der Waals surface area contributed by atoms with Gasteiger partial charge in [0.15, 0.2) is 0 Å². The van der Waals surface area contributed by atoms with Crippen LogP contribution in [0.4, 0.5) is 5.69 Å². The number of halogens is 1. The van der Waals surface area contributed by atoms with Crippen molar-refractivity contribution in [1.82, 2.24) is 4.72 Å². The summed E-state index contributed by atoms with van der Waals surface area (Å²) in [4.78, 5) is 0.0412. The number of benzene rings is 1. The van der Waals surface area contributed by atoms with Crippen LogP contribution in [0.1, 0.15) is 18.9 Å². The maximum atomic E-state index is 12.0. The average molecular weight is 287 g/mol. The van der Waals surface area contributed by atoms with Crippen molar-refractivity contribution < 1.29 is 8.42 Å². The van der Waals surface area contributed by atoms with Crippen LogP contribution in [0, 0.1) is 19.3 Å². The second-order valence-electron chi connectivity index (χ2n) is 4.05. The Hall–Kier alpha value is -1.22. The standard InChI is InChI=1S/C12H15ClN2O2S/c1-4-5-8(2)15-18(16,17)10-6-11(13)9(3)12(14)7-10/h1,6-8,15H,5,14H2,2-3H3. The van der Waals surface area contributed by atoms with E-state index in [1.165, 1.54) is 12.1 Å². The number of hydrogen-bond acceptors (Lipinski definition) is 3. The summed E-state index contributed by atoms with van der Waals surface area (Å²) < 4.78 is 26.5. The molecule has 18 heavy (non-hydrogen) atoms. The summed E-state index contributed by atoms with van der Waals surface area (Å²) in [6.07, 6.45) is 5.44. The predicted molar refractivity (Wildman–Crippen MR) is 73.8 cm³/mol. The molecular formula is C12H15ClN2O2S. The predicted octanol–water partition coefficient (Wildman–Crippen LogP) is 1.92. The lowest BCUT2D eigenvalue weighted by molar-refractivity contribution is 0.563. The van der Waals surface area contributed by atoms with E-state index in [1.807, 2.05) is 0 Å². The Labute approximate surface area is 113 Å². The van der Waals surface area contributed by atoms with Gasteiger partial charge in [0, 0.05) is 23.2 Å². The summed E-state index contributed by atoms with van der Waals surface area (Å²) in [6, 6.07) is 2.41. The highest BCUT2D eigenvalue weighted by atomic mass is 35.5. The van der Waals surface area contributed by atoms with Crippen LogP contribution >= 0.6 is 11.6 Å². The number of nitrogens with two attached hydrogens (primary N) is 1. The lowest BCUT2D eigenvalue weighted by atomic mass is 10.2.